The van der Waals surface area contributed by atoms with Crippen molar-refractivity contribution in [1.29, 1.82) is 0 Å². The van der Waals surface area contributed by atoms with Gasteiger partial charge in [-0.25, -0.2) is 0 Å². The molecule has 1 rings (SSSR count). The lowest BCUT2D eigenvalue weighted by Crippen LogP contribution is -2.34. The molecule has 0 aliphatic carbocycles. The van der Waals surface area contributed by atoms with Crippen molar-refractivity contribution >= 4 is 11.8 Å². The second-order valence-corrected chi connectivity index (χ2v) is 5.12. The summed E-state index contributed by atoms with van der Waals surface area (Å²) in [4.78, 5) is 0. The number of hydrogen-bond acceptors (Lipinski definition) is 1. The lowest BCUT2D eigenvalue weighted by atomic mass is 10.0. The molecule has 0 aromatic rings. The van der Waals surface area contributed by atoms with Crippen LogP contribution < -0.4 is 0 Å². The molecule has 0 aromatic heterocycles. The normalized spacial score (nSPS) is 34.1. The Hall–Kier alpha value is 0.350. The van der Waals surface area contributed by atoms with Crippen molar-refractivity contribution in [1.82, 2.24) is 0 Å². The topological polar surface area (TPSA) is 0 Å². The molecule has 1 aliphatic rings. The largest absolute Gasteiger partial charge is 0.152 e. The summed E-state index contributed by atoms with van der Waals surface area (Å²) in [7, 11) is 0. The minimum atomic E-state index is 0.612. The average Bonchev–Trinajstić information content (AvgIpc) is 1.60. The highest BCUT2D eigenvalue weighted by Gasteiger charge is 2.35. The Morgan fingerprint density at radius 3 is 2.25 bits per heavy atom. The van der Waals surface area contributed by atoms with Gasteiger partial charge in [0.1, 0.15) is 0 Å². The van der Waals surface area contributed by atoms with Gasteiger partial charge >= 0.3 is 0 Å². The van der Waals surface area contributed by atoms with Crippen LogP contribution in [0.3, 0.4) is 0 Å². The molecule has 1 aliphatic heterocycles. The number of thioether (sulfide) groups is 1. The van der Waals surface area contributed by atoms with E-state index < -0.39 is 0 Å². The van der Waals surface area contributed by atoms with Crippen molar-refractivity contribution in [3.05, 3.63) is 0 Å². The van der Waals surface area contributed by atoms with Crippen molar-refractivity contribution in [2.75, 3.05) is 0 Å². The second-order valence-electron chi connectivity index (χ2n) is 3.11. The van der Waals surface area contributed by atoms with Gasteiger partial charge in [-0.2, -0.15) is 11.8 Å². The summed E-state index contributed by atoms with van der Waals surface area (Å²) in [6.07, 6.45) is 2.78. The molecule has 0 bridgehead atoms. The molecule has 0 nitrogen and oxygen atoms in total. The predicted molar refractivity (Wildman–Crippen MR) is 40.4 cm³/mol. The third-order valence-corrected chi connectivity index (χ3v) is 3.30. The van der Waals surface area contributed by atoms with Gasteiger partial charge in [0.05, 0.1) is 0 Å². The zero-order valence-electron chi connectivity index (χ0n) is 5.90. The highest BCUT2D eigenvalue weighted by molar-refractivity contribution is 8.02. The van der Waals surface area contributed by atoms with Crippen LogP contribution in [0.25, 0.3) is 0 Å². The maximum absolute atomic E-state index is 2.32. The maximum Gasteiger partial charge on any atom is 0.0117 e. The van der Waals surface area contributed by atoms with Crippen LogP contribution in [0.5, 0.6) is 0 Å². The van der Waals surface area contributed by atoms with Gasteiger partial charge in [0.2, 0.25) is 0 Å². The van der Waals surface area contributed by atoms with Crippen LogP contribution in [0.1, 0.15) is 33.6 Å². The van der Waals surface area contributed by atoms with Crippen LogP contribution in [-0.2, 0) is 0 Å². The average molecular weight is 130 g/mol. The molecule has 0 N–H and O–H groups in total. The summed E-state index contributed by atoms with van der Waals surface area (Å²) >= 11 is 2.13. The van der Waals surface area contributed by atoms with Crippen LogP contribution in [0.2, 0.25) is 0 Å². The van der Waals surface area contributed by atoms with E-state index in [9.17, 15) is 0 Å². The van der Waals surface area contributed by atoms with E-state index in [-0.39, 0.29) is 0 Å². The van der Waals surface area contributed by atoms with Crippen LogP contribution in [-0.4, -0.2) is 10.00 Å². The zero-order valence-corrected chi connectivity index (χ0v) is 6.72. The molecule has 0 saturated carbocycles. The fraction of sp³-hybridized carbons (Fsp3) is 1.00. The second kappa shape index (κ2) is 1.94. The van der Waals surface area contributed by atoms with Crippen LogP contribution in [0.4, 0.5) is 0 Å². The molecule has 0 amide bonds. The van der Waals surface area contributed by atoms with Gasteiger partial charge in [-0.05, 0) is 12.8 Å². The Bertz CT molecular complexity index is 78.4. The zero-order chi connectivity index (χ0) is 6.20. The van der Waals surface area contributed by atoms with Gasteiger partial charge in [0, 0.05) is 10.00 Å². The first kappa shape index (κ1) is 6.47. The van der Waals surface area contributed by atoms with Crippen LogP contribution >= 0.6 is 11.8 Å². The standard InChI is InChI=1S/C7H14S/c1-4-6-5-7(2,3)8-6/h6H,4-5H2,1-3H3. The SMILES string of the molecule is CCC1CC(C)(C)S1. The van der Waals surface area contributed by atoms with Gasteiger partial charge in [-0.1, -0.05) is 20.8 Å². The first-order chi connectivity index (χ1) is 3.64. The Morgan fingerprint density at radius 2 is 2.12 bits per heavy atom. The fourth-order valence-corrected chi connectivity index (χ4v) is 2.79. The Labute approximate surface area is 56.0 Å². The Morgan fingerprint density at radius 1 is 1.62 bits per heavy atom. The van der Waals surface area contributed by atoms with Crippen molar-refractivity contribution in [2.45, 2.75) is 43.6 Å². The summed E-state index contributed by atoms with van der Waals surface area (Å²) in [5, 5.41) is 0.977. The highest BCUT2D eigenvalue weighted by atomic mass is 32.2. The van der Waals surface area contributed by atoms with Crippen molar-refractivity contribution in [2.24, 2.45) is 0 Å². The monoisotopic (exact) mass is 130 g/mol. The maximum atomic E-state index is 2.32. The quantitative estimate of drug-likeness (QED) is 0.526. The molecule has 1 atom stereocenters. The first-order valence-electron chi connectivity index (χ1n) is 3.32. The Balaban J connectivity index is 2.21. The van der Waals surface area contributed by atoms with E-state index in [2.05, 4.69) is 32.5 Å². The van der Waals surface area contributed by atoms with Gasteiger partial charge in [-0.15, -0.1) is 0 Å². The van der Waals surface area contributed by atoms with E-state index in [1.165, 1.54) is 12.8 Å². The third-order valence-electron chi connectivity index (χ3n) is 1.66. The Kier molecular flexibility index (Phi) is 1.57. The third kappa shape index (κ3) is 1.19. The number of rotatable bonds is 1. The molecule has 8 heavy (non-hydrogen) atoms. The first-order valence-corrected chi connectivity index (χ1v) is 4.20. The molecule has 0 aromatic carbocycles. The van der Waals surface area contributed by atoms with E-state index in [0.717, 1.165) is 5.25 Å². The van der Waals surface area contributed by atoms with Gasteiger partial charge in [0.25, 0.3) is 0 Å². The van der Waals surface area contributed by atoms with Gasteiger partial charge in [0.15, 0.2) is 0 Å². The summed E-state index contributed by atoms with van der Waals surface area (Å²) < 4.78 is 0.612. The molecular formula is C7H14S. The lowest BCUT2D eigenvalue weighted by Gasteiger charge is -2.41. The van der Waals surface area contributed by atoms with Crippen molar-refractivity contribution < 1.29 is 0 Å². The summed E-state index contributed by atoms with van der Waals surface area (Å²) in [5.41, 5.74) is 0. The van der Waals surface area contributed by atoms with E-state index in [1.54, 1.807) is 0 Å². The summed E-state index contributed by atoms with van der Waals surface area (Å²) in [5.74, 6) is 0. The lowest BCUT2D eigenvalue weighted by molar-refractivity contribution is 0.548. The molecule has 1 fully saturated rings. The highest BCUT2D eigenvalue weighted by Crippen LogP contribution is 2.47. The number of hydrogen-bond donors (Lipinski definition) is 0. The molecular weight excluding hydrogens is 116 g/mol. The molecule has 0 spiro atoms. The van der Waals surface area contributed by atoms with Crippen LogP contribution in [0, 0.1) is 0 Å². The molecule has 1 heteroatoms. The van der Waals surface area contributed by atoms with Crippen molar-refractivity contribution in [3.8, 4) is 0 Å². The molecule has 0 radical (unpaired) electrons. The fourth-order valence-electron chi connectivity index (χ4n) is 1.22. The minimum Gasteiger partial charge on any atom is -0.152 e. The van der Waals surface area contributed by atoms with Gasteiger partial charge < -0.3 is 0 Å². The van der Waals surface area contributed by atoms with E-state index in [1.807, 2.05) is 0 Å². The van der Waals surface area contributed by atoms with Gasteiger partial charge in [-0.3, -0.25) is 0 Å². The summed E-state index contributed by atoms with van der Waals surface area (Å²) in [6.45, 7) is 6.92. The van der Waals surface area contributed by atoms with E-state index in [4.69, 9.17) is 0 Å². The smallest absolute Gasteiger partial charge is 0.0117 e. The van der Waals surface area contributed by atoms with Crippen molar-refractivity contribution in [3.63, 3.8) is 0 Å². The molecule has 1 saturated heterocycles. The van der Waals surface area contributed by atoms with Crippen LogP contribution in [0.15, 0.2) is 0 Å². The predicted octanol–water partition coefficient (Wildman–Crippen LogP) is 2.68. The van der Waals surface area contributed by atoms with E-state index >= 15 is 0 Å². The van der Waals surface area contributed by atoms with E-state index in [0.29, 0.717) is 4.75 Å². The molecule has 1 unspecified atom stereocenters. The molecule has 48 valence electrons. The summed E-state index contributed by atoms with van der Waals surface area (Å²) in [6, 6.07) is 0. The molecule has 1 heterocycles. The minimum absolute atomic E-state index is 0.612.